The molecule has 0 fully saturated rings. The zero-order valence-electron chi connectivity index (χ0n) is 16.2. The molecule has 0 aliphatic rings. The third-order valence-corrected chi connectivity index (χ3v) is 5.21. The van der Waals surface area contributed by atoms with Crippen molar-refractivity contribution >= 4 is 23.6 Å². The zero-order chi connectivity index (χ0) is 19.8. The fourth-order valence-corrected chi connectivity index (χ4v) is 3.38. The number of ether oxygens (including phenoxy) is 2. The van der Waals surface area contributed by atoms with Crippen LogP contribution in [0.25, 0.3) is 0 Å². The first-order chi connectivity index (χ1) is 12.9. The van der Waals surface area contributed by atoms with E-state index in [2.05, 4.69) is 6.07 Å². The van der Waals surface area contributed by atoms with Crippen LogP contribution in [0.4, 0.5) is 0 Å². The second-order valence-corrected chi connectivity index (χ2v) is 7.30. The highest BCUT2D eigenvalue weighted by molar-refractivity contribution is 8.00. The van der Waals surface area contributed by atoms with Crippen molar-refractivity contribution in [3.8, 4) is 5.75 Å². The van der Waals surface area contributed by atoms with E-state index in [1.54, 1.807) is 14.2 Å². The summed E-state index contributed by atoms with van der Waals surface area (Å²) in [5.41, 5.74) is 3.20. The summed E-state index contributed by atoms with van der Waals surface area (Å²) in [6.07, 6.45) is 0. The first-order valence-electron chi connectivity index (χ1n) is 8.62. The van der Waals surface area contributed by atoms with Crippen molar-refractivity contribution in [3.05, 3.63) is 59.2 Å². The molecule has 1 amide bonds. The molecular weight excluding hydrogens is 362 g/mol. The SMILES string of the molecule is COc1ccccc1CN(C)C(=O)COC(=O)CSc1ccc(C)cc1C. The normalized spacial score (nSPS) is 10.4. The highest BCUT2D eigenvalue weighted by atomic mass is 32.2. The lowest BCUT2D eigenvalue weighted by Gasteiger charge is -2.18. The van der Waals surface area contributed by atoms with Gasteiger partial charge in [0.2, 0.25) is 0 Å². The summed E-state index contributed by atoms with van der Waals surface area (Å²) in [6, 6.07) is 13.6. The molecule has 0 radical (unpaired) electrons. The Labute approximate surface area is 164 Å². The summed E-state index contributed by atoms with van der Waals surface area (Å²) in [7, 11) is 3.27. The standard InChI is InChI=1S/C21H25NO4S/c1-15-9-10-19(16(2)11-15)27-14-21(24)26-13-20(23)22(3)12-17-7-5-6-8-18(17)25-4/h5-11H,12-14H2,1-4H3. The number of methoxy groups -OCH3 is 1. The molecule has 6 heteroatoms. The number of carbonyl (C=O) groups excluding carboxylic acids is 2. The predicted molar refractivity (Wildman–Crippen MR) is 107 cm³/mol. The second-order valence-electron chi connectivity index (χ2n) is 6.28. The second kappa shape index (κ2) is 10.0. The number of esters is 1. The Hall–Kier alpha value is -2.47. The van der Waals surface area contributed by atoms with E-state index in [4.69, 9.17) is 9.47 Å². The molecule has 27 heavy (non-hydrogen) atoms. The summed E-state index contributed by atoms with van der Waals surface area (Å²) in [4.78, 5) is 26.7. The lowest BCUT2D eigenvalue weighted by atomic mass is 10.2. The molecule has 2 aromatic carbocycles. The van der Waals surface area contributed by atoms with Crippen LogP contribution < -0.4 is 4.74 Å². The number of nitrogens with zero attached hydrogens (tertiary/aromatic N) is 1. The van der Waals surface area contributed by atoms with Gasteiger partial charge in [-0.25, -0.2) is 0 Å². The molecule has 0 atom stereocenters. The smallest absolute Gasteiger partial charge is 0.316 e. The van der Waals surface area contributed by atoms with Crippen LogP contribution in [0.1, 0.15) is 16.7 Å². The number of likely N-dealkylation sites (N-methyl/N-ethyl adjacent to an activating group) is 1. The Morgan fingerprint density at radius 2 is 1.85 bits per heavy atom. The van der Waals surface area contributed by atoms with Crippen molar-refractivity contribution in [1.82, 2.24) is 4.90 Å². The van der Waals surface area contributed by atoms with E-state index in [-0.39, 0.29) is 18.3 Å². The fraction of sp³-hybridized carbons (Fsp3) is 0.333. The van der Waals surface area contributed by atoms with Crippen molar-refractivity contribution in [3.63, 3.8) is 0 Å². The summed E-state index contributed by atoms with van der Waals surface area (Å²) in [5, 5.41) is 0. The Balaban J connectivity index is 1.79. The minimum atomic E-state index is -0.404. The molecule has 0 N–H and O–H groups in total. The van der Waals surface area contributed by atoms with Gasteiger partial charge in [-0.1, -0.05) is 35.9 Å². The van der Waals surface area contributed by atoms with Gasteiger partial charge >= 0.3 is 5.97 Å². The van der Waals surface area contributed by atoms with Crippen LogP contribution in [0.15, 0.2) is 47.4 Å². The number of aryl methyl sites for hydroxylation is 2. The van der Waals surface area contributed by atoms with Crippen LogP contribution in [0.3, 0.4) is 0 Å². The number of hydrogen-bond donors (Lipinski definition) is 0. The van der Waals surface area contributed by atoms with Crippen molar-refractivity contribution in [2.24, 2.45) is 0 Å². The monoisotopic (exact) mass is 387 g/mol. The molecule has 0 saturated carbocycles. The number of carbonyl (C=O) groups is 2. The summed E-state index contributed by atoms with van der Waals surface area (Å²) in [6.45, 7) is 4.16. The average molecular weight is 388 g/mol. The summed E-state index contributed by atoms with van der Waals surface area (Å²) < 4.78 is 10.4. The maximum Gasteiger partial charge on any atom is 0.316 e. The van der Waals surface area contributed by atoms with Crippen molar-refractivity contribution in [2.45, 2.75) is 25.3 Å². The van der Waals surface area contributed by atoms with Gasteiger partial charge < -0.3 is 14.4 Å². The molecule has 0 heterocycles. The highest BCUT2D eigenvalue weighted by Gasteiger charge is 2.14. The molecule has 2 aromatic rings. The average Bonchev–Trinajstić information content (AvgIpc) is 2.65. The van der Waals surface area contributed by atoms with Gasteiger partial charge in [0, 0.05) is 24.1 Å². The summed E-state index contributed by atoms with van der Waals surface area (Å²) >= 11 is 1.42. The van der Waals surface area contributed by atoms with Gasteiger partial charge in [0.1, 0.15) is 5.75 Å². The number of thioether (sulfide) groups is 1. The molecule has 0 saturated heterocycles. The predicted octanol–water partition coefficient (Wildman–Crippen LogP) is 3.61. The largest absolute Gasteiger partial charge is 0.496 e. The lowest BCUT2D eigenvalue weighted by molar-refractivity contribution is -0.149. The van der Waals surface area contributed by atoms with Gasteiger partial charge in [-0.05, 0) is 31.5 Å². The number of amides is 1. The Morgan fingerprint density at radius 3 is 2.56 bits per heavy atom. The quantitative estimate of drug-likeness (QED) is 0.512. The van der Waals surface area contributed by atoms with Crippen LogP contribution in [-0.4, -0.2) is 43.3 Å². The molecule has 0 aromatic heterocycles. The Bertz CT molecular complexity index is 807. The van der Waals surface area contributed by atoms with E-state index in [1.807, 2.05) is 50.2 Å². The topological polar surface area (TPSA) is 55.8 Å². The van der Waals surface area contributed by atoms with E-state index in [9.17, 15) is 9.59 Å². The minimum Gasteiger partial charge on any atom is -0.496 e. The van der Waals surface area contributed by atoms with Crippen LogP contribution in [-0.2, 0) is 20.9 Å². The van der Waals surface area contributed by atoms with E-state index < -0.39 is 5.97 Å². The van der Waals surface area contributed by atoms with Crippen LogP contribution >= 0.6 is 11.8 Å². The molecule has 2 rings (SSSR count). The van der Waals surface area contributed by atoms with Crippen molar-refractivity contribution in [1.29, 1.82) is 0 Å². The van der Waals surface area contributed by atoms with Gasteiger partial charge in [0.25, 0.3) is 5.91 Å². The van der Waals surface area contributed by atoms with Crippen LogP contribution in [0.5, 0.6) is 5.75 Å². The van der Waals surface area contributed by atoms with E-state index >= 15 is 0 Å². The maximum atomic E-state index is 12.2. The van der Waals surface area contributed by atoms with Crippen molar-refractivity contribution < 1.29 is 19.1 Å². The molecule has 5 nitrogen and oxygen atoms in total. The number of para-hydroxylation sites is 1. The molecule has 0 spiro atoms. The highest BCUT2D eigenvalue weighted by Crippen LogP contribution is 2.23. The Kier molecular flexibility index (Phi) is 7.73. The molecule has 0 aliphatic carbocycles. The van der Waals surface area contributed by atoms with Gasteiger partial charge in [0.15, 0.2) is 6.61 Å². The van der Waals surface area contributed by atoms with Gasteiger partial charge in [-0.15, -0.1) is 11.8 Å². The summed E-state index contributed by atoms with van der Waals surface area (Å²) in [5.74, 6) is 0.233. The molecular formula is C21H25NO4S. The fourth-order valence-electron chi connectivity index (χ4n) is 2.57. The molecule has 144 valence electrons. The molecule has 0 unspecified atom stereocenters. The van der Waals surface area contributed by atoms with Crippen molar-refractivity contribution in [2.75, 3.05) is 26.5 Å². The third-order valence-electron chi connectivity index (χ3n) is 4.06. The van der Waals surface area contributed by atoms with Gasteiger partial charge in [0.05, 0.1) is 12.9 Å². The van der Waals surface area contributed by atoms with Gasteiger partial charge in [-0.3, -0.25) is 9.59 Å². The first-order valence-corrected chi connectivity index (χ1v) is 9.60. The van der Waals surface area contributed by atoms with Gasteiger partial charge in [-0.2, -0.15) is 0 Å². The molecule has 0 aliphatic heterocycles. The zero-order valence-corrected chi connectivity index (χ0v) is 17.0. The first kappa shape index (κ1) is 20.8. The lowest BCUT2D eigenvalue weighted by Crippen LogP contribution is -2.31. The number of benzene rings is 2. The third kappa shape index (κ3) is 6.32. The minimum absolute atomic E-state index is 0.174. The van der Waals surface area contributed by atoms with Crippen LogP contribution in [0, 0.1) is 13.8 Å². The number of hydrogen-bond acceptors (Lipinski definition) is 5. The van der Waals surface area contributed by atoms with Crippen LogP contribution in [0.2, 0.25) is 0 Å². The van der Waals surface area contributed by atoms with E-state index in [0.29, 0.717) is 6.54 Å². The number of rotatable bonds is 8. The Morgan fingerprint density at radius 1 is 1.11 bits per heavy atom. The van der Waals surface area contributed by atoms with E-state index in [1.165, 1.54) is 22.2 Å². The van der Waals surface area contributed by atoms with E-state index in [0.717, 1.165) is 21.8 Å². The maximum absolute atomic E-state index is 12.2. The molecule has 0 bridgehead atoms.